The number of hydrogen-bond donors (Lipinski definition) is 0. The van der Waals surface area contributed by atoms with Crippen LogP contribution >= 0.6 is 0 Å². The normalized spacial score (nSPS) is 25.1. The Bertz CT molecular complexity index is 1560. The Morgan fingerprint density at radius 1 is 0.857 bits per heavy atom. The summed E-state index contributed by atoms with van der Waals surface area (Å²) >= 11 is 0. The molecule has 3 aliphatic rings. The number of allylic oxidation sites excluding steroid dienone is 2. The molecular weight excluding hydrogens is 434 g/mol. The second-order valence-electron chi connectivity index (χ2n) is 9.97. The van der Waals surface area contributed by atoms with Gasteiger partial charge in [0, 0.05) is 28.7 Å². The zero-order chi connectivity index (χ0) is 23.7. The fourth-order valence-corrected chi connectivity index (χ4v) is 6.54. The van der Waals surface area contributed by atoms with E-state index in [1.807, 2.05) is 12.1 Å². The van der Waals surface area contributed by atoms with Gasteiger partial charge in [-0.2, -0.15) is 10.1 Å². The molecule has 4 atom stereocenters. The Kier molecular flexibility index (Phi) is 4.37. The maximum atomic E-state index is 13.1. The number of aromatic nitrogens is 1. The lowest BCUT2D eigenvalue weighted by atomic mass is 9.85. The van der Waals surface area contributed by atoms with Crippen LogP contribution in [-0.4, -0.2) is 27.6 Å². The maximum absolute atomic E-state index is 13.1. The van der Waals surface area contributed by atoms with E-state index in [1.165, 1.54) is 16.3 Å². The van der Waals surface area contributed by atoms with Gasteiger partial charge in [0.2, 0.25) is 0 Å². The molecule has 5 nitrogen and oxygen atoms in total. The fourth-order valence-electron chi connectivity index (χ4n) is 6.54. The number of hydrogen-bond acceptors (Lipinski definition) is 3. The van der Waals surface area contributed by atoms with Crippen molar-refractivity contribution in [3.8, 4) is 0 Å². The number of para-hydroxylation sites is 1. The predicted octanol–water partition coefficient (Wildman–Crippen LogP) is 5.29. The number of nitrogens with zero attached hydrogens (tertiary/aromatic N) is 3. The zero-order valence-corrected chi connectivity index (χ0v) is 19.5. The quantitative estimate of drug-likeness (QED) is 0.236. The molecule has 5 heteroatoms. The minimum Gasteiger partial charge on any atom is -0.340 e. The zero-order valence-electron chi connectivity index (χ0n) is 19.5. The summed E-state index contributed by atoms with van der Waals surface area (Å²) in [4.78, 5) is 26.2. The number of carbonyl (C=O) groups excluding carboxylic acids is 2. The van der Waals surface area contributed by atoms with Gasteiger partial charge in [-0.1, -0.05) is 72.8 Å². The molecule has 2 fully saturated rings. The number of fused-ring (bicyclic) bond motifs is 7. The molecule has 1 aromatic heterocycles. The van der Waals surface area contributed by atoms with Gasteiger partial charge in [0.1, 0.15) is 0 Å². The van der Waals surface area contributed by atoms with Crippen LogP contribution in [0, 0.1) is 30.6 Å². The molecule has 0 N–H and O–H groups in total. The van der Waals surface area contributed by atoms with Crippen LogP contribution in [0.5, 0.6) is 0 Å². The molecule has 2 aliphatic carbocycles. The average Bonchev–Trinajstić information content (AvgIpc) is 3.62. The number of hydrazone groups is 1. The minimum absolute atomic E-state index is 0.148. The van der Waals surface area contributed by atoms with E-state index >= 15 is 0 Å². The molecule has 1 saturated carbocycles. The number of carbonyl (C=O) groups is 2. The van der Waals surface area contributed by atoms with E-state index in [9.17, 15) is 9.59 Å². The molecule has 4 aromatic rings. The van der Waals surface area contributed by atoms with Crippen molar-refractivity contribution in [1.29, 1.82) is 0 Å². The summed E-state index contributed by atoms with van der Waals surface area (Å²) in [5.74, 6) is -0.389. The molecule has 0 radical (unpaired) electrons. The molecule has 1 aliphatic heterocycles. The van der Waals surface area contributed by atoms with Crippen LogP contribution in [-0.2, 0) is 16.1 Å². The third-order valence-electron chi connectivity index (χ3n) is 8.24. The van der Waals surface area contributed by atoms with E-state index in [-0.39, 0.29) is 35.5 Å². The molecule has 0 spiro atoms. The van der Waals surface area contributed by atoms with E-state index in [0.29, 0.717) is 0 Å². The number of rotatable bonds is 4. The topological polar surface area (TPSA) is 54.7 Å². The van der Waals surface area contributed by atoms with E-state index in [0.717, 1.165) is 40.1 Å². The van der Waals surface area contributed by atoms with Crippen molar-refractivity contribution >= 4 is 39.7 Å². The highest BCUT2D eigenvalue weighted by atomic mass is 16.2. The van der Waals surface area contributed by atoms with Gasteiger partial charge < -0.3 is 4.57 Å². The fraction of sp³-hybridized carbons (Fsp3) is 0.233. The average molecular weight is 460 g/mol. The van der Waals surface area contributed by atoms with Gasteiger partial charge in [0.15, 0.2) is 0 Å². The molecule has 4 unspecified atom stereocenters. The lowest BCUT2D eigenvalue weighted by Gasteiger charge is -2.13. The maximum Gasteiger partial charge on any atom is 0.254 e. The lowest BCUT2D eigenvalue weighted by molar-refractivity contribution is -0.140. The first-order valence-corrected chi connectivity index (χ1v) is 12.3. The van der Waals surface area contributed by atoms with Crippen molar-refractivity contribution in [3.05, 3.63) is 95.7 Å². The van der Waals surface area contributed by atoms with E-state index < -0.39 is 0 Å². The molecule has 2 bridgehead atoms. The third kappa shape index (κ3) is 2.91. The molecule has 35 heavy (non-hydrogen) atoms. The standard InChI is InChI=1S/C30H25N3O2/c1-18-25(16-31-33-29(34)27-20-13-14-21(15-20)28(27)30(33)35)24-11-4-5-12-26(24)32(18)17-22-9-6-8-19-7-2-3-10-23(19)22/h2-14,16,20-21,27-28H,15,17H2,1H3. The van der Waals surface area contributed by atoms with Gasteiger partial charge in [-0.25, -0.2) is 0 Å². The van der Waals surface area contributed by atoms with Crippen LogP contribution in [0.15, 0.2) is 84.0 Å². The van der Waals surface area contributed by atoms with Crippen molar-refractivity contribution in [2.24, 2.45) is 28.8 Å². The van der Waals surface area contributed by atoms with Crippen molar-refractivity contribution < 1.29 is 9.59 Å². The second-order valence-corrected chi connectivity index (χ2v) is 9.97. The monoisotopic (exact) mass is 459 g/mol. The molecule has 2 heterocycles. The first kappa shape index (κ1) is 20.4. The Morgan fingerprint density at radius 2 is 1.51 bits per heavy atom. The first-order valence-electron chi connectivity index (χ1n) is 12.3. The van der Waals surface area contributed by atoms with Crippen molar-refractivity contribution in [2.45, 2.75) is 19.9 Å². The summed E-state index contributed by atoms with van der Waals surface area (Å²) in [7, 11) is 0. The van der Waals surface area contributed by atoms with Gasteiger partial charge in [0.05, 0.1) is 18.1 Å². The van der Waals surface area contributed by atoms with Gasteiger partial charge in [-0.05, 0) is 47.6 Å². The Balaban J connectivity index is 1.27. The van der Waals surface area contributed by atoms with E-state index in [1.54, 1.807) is 6.21 Å². The third-order valence-corrected chi connectivity index (χ3v) is 8.24. The number of benzene rings is 3. The van der Waals surface area contributed by atoms with Crippen molar-refractivity contribution in [3.63, 3.8) is 0 Å². The van der Waals surface area contributed by atoms with Gasteiger partial charge >= 0.3 is 0 Å². The van der Waals surface area contributed by atoms with Crippen LogP contribution in [0.25, 0.3) is 21.7 Å². The Hall–Kier alpha value is -3.99. The highest BCUT2D eigenvalue weighted by Crippen LogP contribution is 2.52. The van der Waals surface area contributed by atoms with Crippen molar-refractivity contribution in [1.82, 2.24) is 9.58 Å². The number of imide groups is 1. The number of amides is 2. The molecule has 3 aromatic carbocycles. The Morgan fingerprint density at radius 3 is 2.29 bits per heavy atom. The van der Waals surface area contributed by atoms with Gasteiger partial charge in [-0.3, -0.25) is 9.59 Å². The highest BCUT2D eigenvalue weighted by Gasteiger charge is 2.59. The van der Waals surface area contributed by atoms with Crippen LogP contribution in [0.2, 0.25) is 0 Å². The van der Waals surface area contributed by atoms with E-state index in [4.69, 9.17) is 0 Å². The van der Waals surface area contributed by atoms with Crippen LogP contribution in [0.3, 0.4) is 0 Å². The molecule has 1 saturated heterocycles. The summed E-state index contributed by atoms with van der Waals surface area (Å²) in [5.41, 5.74) is 4.36. The largest absolute Gasteiger partial charge is 0.340 e. The Labute approximate surface area is 203 Å². The highest BCUT2D eigenvalue weighted by molar-refractivity contribution is 6.08. The van der Waals surface area contributed by atoms with Crippen LogP contribution in [0.4, 0.5) is 0 Å². The van der Waals surface area contributed by atoms with Gasteiger partial charge in [-0.15, -0.1) is 0 Å². The first-order chi connectivity index (χ1) is 17.1. The van der Waals surface area contributed by atoms with Gasteiger partial charge in [0.25, 0.3) is 11.8 Å². The molecule has 172 valence electrons. The molecular formula is C30H25N3O2. The minimum atomic E-state index is -0.233. The van der Waals surface area contributed by atoms with Crippen molar-refractivity contribution in [2.75, 3.05) is 0 Å². The summed E-state index contributed by atoms with van der Waals surface area (Å²) < 4.78 is 2.30. The predicted molar refractivity (Wildman–Crippen MR) is 137 cm³/mol. The second kappa shape index (κ2) is 7.51. The van der Waals surface area contributed by atoms with Crippen LogP contribution in [0.1, 0.15) is 23.2 Å². The molecule has 2 amide bonds. The lowest BCUT2D eigenvalue weighted by Crippen LogP contribution is -2.28. The summed E-state index contributed by atoms with van der Waals surface area (Å²) in [5, 5.41) is 9.15. The summed E-state index contributed by atoms with van der Waals surface area (Å²) in [6.07, 6.45) is 6.85. The smallest absolute Gasteiger partial charge is 0.254 e. The van der Waals surface area contributed by atoms with E-state index in [2.05, 4.69) is 83.3 Å². The summed E-state index contributed by atoms with van der Waals surface area (Å²) in [6, 6.07) is 23.1. The summed E-state index contributed by atoms with van der Waals surface area (Å²) in [6.45, 7) is 2.81. The SMILES string of the molecule is Cc1c(C=NN2C(=O)C3C4C=CC(C4)C3C2=O)c2ccccc2n1Cc1cccc2ccccc12. The van der Waals surface area contributed by atoms with Crippen LogP contribution < -0.4 is 0 Å². The molecule has 7 rings (SSSR count).